The second-order valence-corrected chi connectivity index (χ2v) is 7.78. The number of nitrogens with one attached hydrogen (secondary N) is 1. The van der Waals surface area contributed by atoms with Crippen molar-refractivity contribution in [3.05, 3.63) is 66.0 Å². The maximum atomic E-state index is 6.06. The molecule has 1 unspecified atom stereocenters. The van der Waals surface area contributed by atoms with Crippen molar-refractivity contribution in [2.24, 2.45) is 0 Å². The summed E-state index contributed by atoms with van der Waals surface area (Å²) < 4.78 is 3.16. The minimum absolute atomic E-state index is 0.100. The van der Waals surface area contributed by atoms with E-state index in [1.54, 1.807) is 0 Å². The van der Waals surface area contributed by atoms with Gasteiger partial charge in [-0.1, -0.05) is 72.4 Å². The third-order valence-electron chi connectivity index (χ3n) is 3.14. The van der Waals surface area contributed by atoms with Crippen LogP contribution >= 0.6 is 59.4 Å². The molecule has 2 aromatic rings. The zero-order valence-corrected chi connectivity index (χ0v) is 17.0. The van der Waals surface area contributed by atoms with Crippen LogP contribution in [-0.2, 0) is 0 Å². The number of benzene rings is 2. The van der Waals surface area contributed by atoms with Crippen molar-refractivity contribution in [1.82, 2.24) is 5.32 Å². The highest BCUT2D eigenvalue weighted by Crippen LogP contribution is 2.35. The molecule has 0 spiro atoms. The average molecular weight is 496 g/mol. The minimum atomic E-state index is 0.100. The molecule has 1 N–H and O–H groups in total. The van der Waals surface area contributed by atoms with Gasteiger partial charge < -0.3 is 5.32 Å². The Balaban J connectivity index is 2.49. The van der Waals surface area contributed by atoms with Crippen molar-refractivity contribution >= 4 is 59.4 Å². The molecule has 0 saturated heterocycles. The Hall–Kier alpha value is 0.130. The Bertz CT molecular complexity index is 631. The Morgan fingerprint density at radius 1 is 1.00 bits per heavy atom. The maximum absolute atomic E-state index is 6.06. The zero-order chi connectivity index (χ0) is 15.4. The first-order chi connectivity index (χ1) is 10.0. The SMILES string of the molecule is CCCNC(c1ccc(Cl)cc1Br)c1cc(Br)ccc1Br. The average Bonchev–Trinajstić information content (AvgIpc) is 2.44. The van der Waals surface area contributed by atoms with E-state index in [1.807, 2.05) is 18.2 Å². The van der Waals surface area contributed by atoms with Crippen LogP contribution in [0.25, 0.3) is 0 Å². The van der Waals surface area contributed by atoms with E-state index in [9.17, 15) is 0 Å². The molecule has 112 valence electrons. The smallest absolute Gasteiger partial charge is 0.0599 e. The molecule has 0 fully saturated rings. The molecule has 0 aliphatic rings. The lowest BCUT2D eigenvalue weighted by Crippen LogP contribution is -2.24. The van der Waals surface area contributed by atoms with Crippen molar-refractivity contribution in [2.45, 2.75) is 19.4 Å². The second-order valence-electron chi connectivity index (χ2n) is 4.72. The highest BCUT2D eigenvalue weighted by Gasteiger charge is 2.19. The van der Waals surface area contributed by atoms with Gasteiger partial charge in [-0.15, -0.1) is 0 Å². The molecule has 21 heavy (non-hydrogen) atoms. The van der Waals surface area contributed by atoms with E-state index in [2.05, 4.69) is 78.2 Å². The van der Waals surface area contributed by atoms with E-state index >= 15 is 0 Å². The number of halogens is 4. The van der Waals surface area contributed by atoms with E-state index in [0.29, 0.717) is 0 Å². The van der Waals surface area contributed by atoms with Crippen molar-refractivity contribution in [3.63, 3.8) is 0 Å². The van der Waals surface area contributed by atoms with Crippen molar-refractivity contribution in [3.8, 4) is 0 Å². The number of hydrogen-bond donors (Lipinski definition) is 1. The largest absolute Gasteiger partial charge is 0.306 e. The lowest BCUT2D eigenvalue weighted by molar-refractivity contribution is 0.595. The van der Waals surface area contributed by atoms with E-state index < -0.39 is 0 Å². The predicted molar refractivity (Wildman–Crippen MR) is 101 cm³/mol. The summed E-state index contributed by atoms with van der Waals surface area (Å²) in [6.07, 6.45) is 1.08. The van der Waals surface area contributed by atoms with Crippen LogP contribution in [0.1, 0.15) is 30.5 Å². The quantitative estimate of drug-likeness (QED) is 0.485. The van der Waals surface area contributed by atoms with Gasteiger partial charge in [-0.3, -0.25) is 0 Å². The van der Waals surface area contributed by atoms with E-state index in [1.165, 1.54) is 11.1 Å². The Kier molecular flexibility index (Phi) is 6.76. The van der Waals surface area contributed by atoms with Crippen molar-refractivity contribution < 1.29 is 0 Å². The first kappa shape index (κ1) is 17.5. The van der Waals surface area contributed by atoms with Crippen LogP contribution in [0.3, 0.4) is 0 Å². The fourth-order valence-electron chi connectivity index (χ4n) is 2.15. The summed E-state index contributed by atoms with van der Waals surface area (Å²) >= 11 is 16.9. The van der Waals surface area contributed by atoms with Gasteiger partial charge >= 0.3 is 0 Å². The lowest BCUT2D eigenvalue weighted by atomic mass is 9.98. The van der Waals surface area contributed by atoms with Crippen LogP contribution in [0.4, 0.5) is 0 Å². The van der Waals surface area contributed by atoms with Crippen LogP contribution < -0.4 is 5.32 Å². The zero-order valence-electron chi connectivity index (χ0n) is 11.5. The van der Waals surface area contributed by atoms with Gasteiger partial charge in [-0.2, -0.15) is 0 Å². The summed E-state index contributed by atoms with van der Waals surface area (Å²) in [5.41, 5.74) is 2.37. The summed E-state index contributed by atoms with van der Waals surface area (Å²) in [7, 11) is 0. The van der Waals surface area contributed by atoms with Crippen molar-refractivity contribution in [2.75, 3.05) is 6.54 Å². The molecule has 0 amide bonds. The lowest BCUT2D eigenvalue weighted by Gasteiger charge is -2.22. The third kappa shape index (κ3) is 4.55. The molecular weight excluding hydrogens is 481 g/mol. The van der Waals surface area contributed by atoms with Gasteiger partial charge in [0.2, 0.25) is 0 Å². The van der Waals surface area contributed by atoms with Gasteiger partial charge in [0, 0.05) is 18.4 Å². The summed E-state index contributed by atoms with van der Waals surface area (Å²) in [5.74, 6) is 0. The molecule has 0 radical (unpaired) electrons. The second kappa shape index (κ2) is 8.11. The van der Waals surface area contributed by atoms with E-state index in [4.69, 9.17) is 11.6 Å². The number of hydrogen-bond acceptors (Lipinski definition) is 1. The van der Waals surface area contributed by atoms with Gasteiger partial charge in [0.25, 0.3) is 0 Å². The van der Waals surface area contributed by atoms with Gasteiger partial charge in [0.15, 0.2) is 0 Å². The molecule has 2 rings (SSSR count). The van der Waals surface area contributed by atoms with Crippen molar-refractivity contribution in [1.29, 1.82) is 0 Å². The molecule has 0 aromatic heterocycles. The van der Waals surface area contributed by atoms with Crippen LogP contribution in [0.5, 0.6) is 0 Å². The van der Waals surface area contributed by atoms with Gasteiger partial charge in [0.1, 0.15) is 0 Å². The molecule has 1 nitrogen and oxygen atoms in total. The first-order valence-electron chi connectivity index (χ1n) is 6.66. The van der Waals surface area contributed by atoms with Crippen LogP contribution in [-0.4, -0.2) is 6.54 Å². The molecular formula is C16H15Br3ClN. The summed E-state index contributed by atoms with van der Waals surface area (Å²) in [4.78, 5) is 0. The fraction of sp³-hybridized carbons (Fsp3) is 0.250. The summed E-state index contributed by atoms with van der Waals surface area (Å²) in [5, 5.41) is 4.34. The molecule has 0 aliphatic carbocycles. The van der Waals surface area contributed by atoms with Gasteiger partial charge in [0.05, 0.1) is 6.04 Å². The van der Waals surface area contributed by atoms with Crippen LogP contribution in [0.15, 0.2) is 49.8 Å². The third-order valence-corrected chi connectivity index (χ3v) is 5.28. The normalized spacial score (nSPS) is 12.4. The fourth-order valence-corrected chi connectivity index (χ4v) is 3.91. The Morgan fingerprint density at radius 3 is 2.43 bits per heavy atom. The predicted octanol–water partition coefficient (Wildman–Crippen LogP) is 6.72. The molecule has 0 aliphatic heterocycles. The molecule has 5 heteroatoms. The van der Waals surface area contributed by atoms with Crippen LogP contribution in [0.2, 0.25) is 5.02 Å². The highest BCUT2D eigenvalue weighted by molar-refractivity contribution is 9.11. The maximum Gasteiger partial charge on any atom is 0.0599 e. The van der Waals surface area contributed by atoms with Gasteiger partial charge in [-0.25, -0.2) is 0 Å². The standard InChI is InChI=1S/C16H15Br3ClN/c1-2-7-21-16(12-5-4-11(20)9-15(12)19)13-8-10(17)3-6-14(13)18/h3-6,8-9,16,21H,2,7H2,1H3. The first-order valence-corrected chi connectivity index (χ1v) is 9.42. The summed E-state index contributed by atoms with van der Waals surface area (Å²) in [6, 6.07) is 12.2. The van der Waals surface area contributed by atoms with Gasteiger partial charge in [-0.05, 0) is 54.4 Å². The highest BCUT2D eigenvalue weighted by atomic mass is 79.9. The molecule has 1 atom stereocenters. The minimum Gasteiger partial charge on any atom is -0.306 e. The number of rotatable bonds is 5. The topological polar surface area (TPSA) is 12.0 Å². The van der Waals surface area contributed by atoms with E-state index in [-0.39, 0.29) is 6.04 Å². The Labute approximate surface area is 155 Å². The van der Waals surface area contributed by atoms with E-state index in [0.717, 1.165) is 31.4 Å². The molecule has 0 heterocycles. The molecule has 0 saturated carbocycles. The molecule has 2 aromatic carbocycles. The van der Waals surface area contributed by atoms with Crippen LogP contribution in [0, 0.1) is 0 Å². The molecule has 0 bridgehead atoms. The Morgan fingerprint density at radius 2 is 1.76 bits per heavy atom. The monoisotopic (exact) mass is 493 g/mol. The summed E-state index contributed by atoms with van der Waals surface area (Å²) in [6.45, 7) is 3.11.